The number of pyridine rings is 1. The SMILES string of the molecule is O=C(Cc1c(Cl)cccc1Cl)N1CCOc2ccc(-c3cccnc3)cc2C1. The van der Waals surface area contributed by atoms with Crippen molar-refractivity contribution in [2.75, 3.05) is 13.2 Å². The van der Waals surface area contributed by atoms with E-state index in [9.17, 15) is 4.79 Å². The number of carbonyl (C=O) groups is 1. The fraction of sp³-hybridized carbons (Fsp3) is 0.182. The number of fused-ring (bicyclic) bond motifs is 1. The molecule has 1 amide bonds. The second-order valence-corrected chi connectivity index (χ2v) is 7.42. The van der Waals surface area contributed by atoms with Gasteiger partial charge in [0.15, 0.2) is 0 Å². The van der Waals surface area contributed by atoms with E-state index in [0.717, 1.165) is 22.4 Å². The minimum atomic E-state index is -0.0294. The molecule has 1 aromatic heterocycles. The van der Waals surface area contributed by atoms with E-state index in [1.807, 2.05) is 30.5 Å². The lowest BCUT2D eigenvalue weighted by molar-refractivity contribution is -0.131. The van der Waals surface area contributed by atoms with Gasteiger partial charge in [0.1, 0.15) is 12.4 Å². The molecule has 4 nitrogen and oxygen atoms in total. The van der Waals surface area contributed by atoms with Gasteiger partial charge in [0.05, 0.1) is 13.0 Å². The van der Waals surface area contributed by atoms with Gasteiger partial charge in [-0.15, -0.1) is 0 Å². The summed E-state index contributed by atoms with van der Waals surface area (Å²) in [5.41, 5.74) is 3.69. The largest absolute Gasteiger partial charge is 0.491 e. The molecular weight excluding hydrogens is 395 g/mol. The molecule has 4 rings (SSSR count). The number of nitrogens with zero attached hydrogens (tertiary/aromatic N) is 2. The topological polar surface area (TPSA) is 42.4 Å². The normalized spacial score (nSPS) is 13.4. The third-order valence-corrected chi connectivity index (χ3v) is 5.49. The third-order valence-electron chi connectivity index (χ3n) is 4.78. The highest BCUT2D eigenvalue weighted by molar-refractivity contribution is 6.36. The maximum absolute atomic E-state index is 12.9. The van der Waals surface area contributed by atoms with E-state index < -0.39 is 0 Å². The van der Waals surface area contributed by atoms with Gasteiger partial charge in [-0.25, -0.2) is 0 Å². The number of benzene rings is 2. The van der Waals surface area contributed by atoms with Crippen molar-refractivity contribution in [2.24, 2.45) is 0 Å². The van der Waals surface area contributed by atoms with Crippen LogP contribution in [0, 0.1) is 0 Å². The van der Waals surface area contributed by atoms with Crippen molar-refractivity contribution in [3.05, 3.63) is 82.1 Å². The summed E-state index contributed by atoms with van der Waals surface area (Å²) < 4.78 is 5.86. The standard InChI is InChI=1S/C22H18Cl2N2O2/c23-19-4-1-5-20(24)18(19)12-22(27)26-9-10-28-21-7-6-15(11-17(21)14-26)16-3-2-8-25-13-16/h1-8,11,13H,9-10,12,14H2. The van der Waals surface area contributed by atoms with Crippen molar-refractivity contribution in [2.45, 2.75) is 13.0 Å². The maximum atomic E-state index is 12.9. The number of aromatic nitrogens is 1. The molecule has 0 N–H and O–H groups in total. The molecule has 0 atom stereocenters. The molecule has 28 heavy (non-hydrogen) atoms. The van der Waals surface area contributed by atoms with Crippen LogP contribution in [-0.4, -0.2) is 28.9 Å². The predicted octanol–water partition coefficient (Wildman–Crippen LogP) is 5.02. The van der Waals surface area contributed by atoms with Crippen molar-refractivity contribution in [1.82, 2.24) is 9.88 Å². The van der Waals surface area contributed by atoms with Crippen LogP contribution in [0.3, 0.4) is 0 Å². The van der Waals surface area contributed by atoms with Crippen LogP contribution in [0.25, 0.3) is 11.1 Å². The summed E-state index contributed by atoms with van der Waals surface area (Å²) in [7, 11) is 0. The molecule has 142 valence electrons. The highest BCUT2D eigenvalue weighted by Gasteiger charge is 2.22. The summed E-state index contributed by atoms with van der Waals surface area (Å²) in [5, 5.41) is 1.01. The van der Waals surface area contributed by atoms with E-state index in [1.165, 1.54) is 0 Å². The number of amides is 1. The number of halogens is 2. The molecular formula is C22H18Cl2N2O2. The van der Waals surface area contributed by atoms with Crippen LogP contribution >= 0.6 is 23.2 Å². The van der Waals surface area contributed by atoms with Crippen molar-refractivity contribution in [3.8, 4) is 16.9 Å². The first-order valence-electron chi connectivity index (χ1n) is 8.98. The Hall–Kier alpha value is -2.56. The zero-order valence-electron chi connectivity index (χ0n) is 15.1. The van der Waals surface area contributed by atoms with Crippen molar-refractivity contribution in [1.29, 1.82) is 0 Å². The fourth-order valence-electron chi connectivity index (χ4n) is 3.28. The first-order valence-corrected chi connectivity index (χ1v) is 9.74. The summed E-state index contributed by atoms with van der Waals surface area (Å²) in [4.78, 5) is 18.9. The van der Waals surface area contributed by atoms with E-state index in [0.29, 0.717) is 35.3 Å². The number of rotatable bonds is 3. The first kappa shape index (κ1) is 18.8. The van der Waals surface area contributed by atoms with Crippen LogP contribution in [-0.2, 0) is 17.8 Å². The van der Waals surface area contributed by atoms with Gasteiger partial charge in [0.2, 0.25) is 5.91 Å². The zero-order chi connectivity index (χ0) is 19.5. The average molecular weight is 413 g/mol. The molecule has 3 aromatic rings. The van der Waals surface area contributed by atoms with Gasteiger partial charge in [0, 0.05) is 40.1 Å². The van der Waals surface area contributed by atoms with Crippen LogP contribution in [0.1, 0.15) is 11.1 Å². The van der Waals surface area contributed by atoms with Crippen molar-refractivity contribution >= 4 is 29.1 Å². The van der Waals surface area contributed by atoms with E-state index in [4.69, 9.17) is 27.9 Å². The smallest absolute Gasteiger partial charge is 0.227 e. The van der Waals surface area contributed by atoms with E-state index in [2.05, 4.69) is 11.1 Å². The Morgan fingerprint density at radius 3 is 2.64 bits per heavy atom. The molecule has 0 aliphatic carbocycles. The molecule has 2 aromatic carbocycles. The highest BCUT2D eigenvalue weighted by atomic mass is 35.5. The zero-order valence-corrected chi connectivity index (χ0v) is 16.6. The molecule has 0 saturated heterocycles. The van der Waals surface area contributed by atoms with E-state index >= 15 is 0 Å². The third kappa shape index (κ3) is 3.98. The van der Waals surface area contributed by atoms with Crippen LogP contribution in [0.4, 0.5) is 0 Å². The lowest BCUT2D eigenvalue weighted by Gasteiger charge is -2.20. The van der Waals surface area contributed by atoms with Gasteiger partial charge in [-0.3, -0.25) is 9.78 Å². The Bertz CT molecular complexity index is 988. The van der Waals surface area contributed by atoms with Gasteiger partial charge in [0.25, 0.3) is 0 Å². The van der Waals surface area contributed by atoms with E-state index in [-0.39, 0.29) is 12.3 Å². The van der Waals surface area contributed by atoms with Gasteiger partial charge in [-0.05, 0) is 41.5 Å². The minimum Gasteiger partial charge on any atom is -0.491 e. The van der Waals surface area contributed by atoms with Crippen LogP contribution < -0.4 is 4.74 Å². The lowest BCUT2D eigenvalue weighted by atomic mass is 10.0. The summed E-state index contributed by atoms with van der Waals surface area (Å²) in [5.74, 6) is 0.775. The van der Waals surface area contributed by atoms with Crippen molar-refractivity contribution < 1.29 is 9.53 Å². The summed E-state index contributed by atoms with van der Waals surface area (Å²) >= 11 is 12.5. The minimum absolute atomic E-state index is 0.0294. The van der Waals surface area contributed by atoms with Crippen molar-refractivity contribution in [3.63, 3.8) is 0 Å². The van der Waals surface area contributed by atoms with E-state index in [1.54, 1.807) is 29.3 Å². The maximum Gasteiger partial charge on any atom is 0.227 e. The Morgan fingerprint density at radius 1 is 1.07 bits per heavy atom. The molecule has 6 heteroatoms. The number of carbonyl (C=O) groups excluding carboxylic acids is 1. The van der Waals surface area contributed by atoms with Crippen LogP contribution in [0.5, 0.6) is 5.75 Å². The van der Waals surface area contributed by atoms with Gasteiger partial charge in [-0.1, -0.05) is 41.4 Å². The summed E-state index contributed by atoms with van der Waals surface area (Å²) in [6.45, 7) is 1.43. The first-order chi connectivity index (χ1) is 13.6. The van der Waals surface area contributed by atoms with Gasteiger partial charge < -0.3 is 9.64 Å². The molecule has 1 aliphatic heterocycles. The molecule has 2 heterocycles. The Balaban J connectivity index is 1.58. The second kappa shape index (κ2) is 8.21. The van der Waals surface area contributed by atoms with Crippen LogP contribution in [0.15, 0.2) is 60.9 Å². The molecule has 1 aliphatic rings. The fourth-order valence-corrected chi connectivity index (χ4v) is 3.82. The molecule has 0 unspecified atom stereocenters. The lowest BCUT2D eigenvalue weighted by Crippen LogP contribution is -2.33. The predicted molar refractivity (Wildman–Crippen MR) is 111 cm³/mol. The molecule has 0 bridgehead atoms. The number of hydrogen-bond donors (Lipinski definition) is 0. The monoisotopic (exact) mass is 412 g/mol. The second-order valence-electron chi connectivity index (χ2n) is 6.60. The molecule has 0 saturated carbocycles. The number of hydrogen-bond acceptors (Lipinski definition) is 3. The van der Waals surface area contributed by atoms with Gasteiger partial charge >= 0.3 is 0 Å². The summed E-state index contributed by atoms with van der Waals surface area (Å²) in [6.07, 6.45) is 3.73. The van der Waals surface area contributed by atoms with Gasteiger partial charge in [-0.2, -0.15) is 0 Å². The quantitative estimate of drug-likeness (QED) is 0.606. The molecule has 0 fully saturated rings. The summed E-state index contributed by atoms with van der Waals surface area (Å²) in [6, 6.07) is 15.2. The molecule has 0 radical (unpaired) electrons. The average Bonchev–Trinajstić information content (AvgIpc) is 2.93. The number of ether oxygens (including phenoxy) is 1. The highest BCUT2D eigenvalue weighted by Crippen LogP contribution is 2.30. The van der Waals surface area contributed by atoms with Crippen LogP contribution in [0.2, 0.25) is 10.0 Å². The Labute approximate surface area is 173 Å². The Morgan fingerprint density at radius 2 is 1.89 bits per heavy atom. The Kier molecular flexibility index (Phi) is 5.51. The molecule has 0 spiro atoms.